The van der Waals surface area contributed by atoms with Crippen molar-refractivity contribution in [3.05, 3.63) is 71.4 Å². The second kappa shape index (κ2) is 11.0. The molecule has 12 heteroatoms. The van der Waals surface area contributed by atoms with Crippen LogP contribution < -0.4 is 15.2 Å². The van der Waals surface area contributed by atoms with E-state index in [0.717, 1.165) is 28.6 Å². The van der Waals surface area contributed by atoms with Gasteiger partial charge in [-0.1, -0.05) is 30.3 Å². The average Bonchev–Trinajstić information content (AvgIpc) is 3.15. The van der Waals surface area contributed by atoms with Crippen molar-refractivity contribution in [1.29, 1.82) is 0 Å². The SMILES string of the molecule is COC[C@@H](Cc1c[nH]c2ccccc12)NC(=O)[C@@H](Cc1ccc(C(F)(F)F)cc1)N[SH](N)(=O)P. The number of halogens is 3. The van der Waals surface area contributed by atoms with E-state index in [9.17, 15) is 22.2 Å². The van der Waals surface area contributed by atoms with Crippen molar-refractivity contribution in [2.45, 2.75) is 31.1 Å². The number of amides is 1. The molecule has 5 N–H and O–H groups in total. The number of para-hydroxylation sites is 1. The number of hydrogen-bond donors (Lipinski definition) is 5. The van der Waals surface area contributed by atoms with E-state index in [-0.39, 0.29) is 13.0 Å². The number of methoxy groups -OCH3 is 1. The third-order valence-electron chi connectivity index (χ3n) is 5.25. The number of benzene rings is 2. The van der Waals surface area contributed by atoms with Crippen LogP contribution in [0.3, 0.4) is 0 Å². The molecule has 0 aliphatic heterocycles. The Morgan fingerprint density at radius 2 is 1.85 bits per heavy atom. The summed E-state index contributed by atoms with van der Waals surface area (Å²) < 4.78 is 58.6. The average molecular weight is 517 g/mol. The molecule has 186 valence electrons. The zero-order chi connectivity index (χ0) is 24.9. The Kier molecular flexibility index (Phi) is 8.48. The van der Waals surface area contributed by atoms with Crippen molar-refractivity contribution in [2.24, 2.45) is 5.14 Å². The van der Waals surface area contributed by atoms with Crippen LogP contribution in [0.4, 0.5) is 13.2 Å². The van der Waals surface area contributed by atoms with Gasteiger partial charge in [-0.2, -0.15) is 13.2 Å². The van der Waals surface area contributed by atoms with Crippen LogP contribution in [0.5, 0.6) is 0 Å². The second-order valence-electron chi connectivity index (χ2n) is 8.01. The van der Waals surface area contributed by atoms with Crippen LogP contribution in [0, 0.1) is 0 Å². The van der Waals surface area contributed by atoms with Gasteiger partial charge in [0.15, 0.2) is 0 Å². The van der Waals surface area contributed by atoms with Crippen LogP contribution in [0.1, 0.15) is 16.7 Å². The Bertz CT molecular complexity index is 1160. The van der Waals surface area contributed by atoms with Crippen molar-refractivity contribution in [3.63, 3.8) is 0 Å². The highest BCUT2D eigenvalue weighted by atomic mass is 32.8. The zero-order valence-electron chi connectivity index (χ0n) is 18.4. The quantitative estimate of drug-likeness (QED) is 0.211. The number of aromatic amines is 1. The summed E-state index contributed by atoms with van der Waals surface area (Å²) in [6.07, 6.45) is -2.13. The highest BCUT2D eigenvalue weighted by Gasteiger charge is 2.30. The van der Waals surface area contributed by atoms with E-state index >= 15 is 0 Å². The van der Waals surface area contributed by atoms with Crippen molar-refractivity contribution in [1.82, 2.24) is 15.0 Å². The lowest BCUT2D eigenvalue weighted by Crippen LogP contribution is -2.53. The molecule has 0 aliphatic carbocycles. The van der Waals surface area contributed by atoms with E-state index in [1.54, 1.807) is 0 Å². The maximum atomic E-state index is 13.1. The number of ether oxygens (including phenoxy) is 1. The number of rotatable bonds is 10. The molecule has 0 aliphatic rings. The van der Waals surface area contributed by atoms with E-state index in [1.807, 2.05) is 38.9 Å². The van der Waals surface area contributed by atoms with Gasteiger partial charge in [0.25, 0.3) is 0 Å². The Hall–Kier alpha value is -2.30. The molecule has 1 unspecified atom stereocenters. The van der Waals surface area contributed by atoms with Crippen LogP contribution in [0.2, 0.25) is 0 Å². The lowest BCUT2D eigenvalue weighted by molar-refractivity contribution is -0.137. The zero-order valence-corrected chi connectivity index (χ0v) is 20.5. The predicted molar refractivity (Wildman–Crippen MR) is 131 cm³/mol. The van der Waals surface area contributed by atoms with Gasteiger partial charge >= 0.3 is 6.18 Å². The molecule has 0 saturated heterocycles. The van der Waals surface area contributed by atoms with Crippen LogP contribution in [-0.4, -0.2) is 40.9 Å². The number of hydrogen-bond acceptors (Lipinski definition) is 3. The molecule has 3 atom stereocenters. The number of H-pyrrole nitrogens is 1. The van der Waals surface area contributed by atoms with Crippen LogP contribution in [0.15, 0.2) is 54.7 Å². The highest BCUT2D eigenvalue weighted by Crippen LogP contribution is 2.29. The first-order valence-electron chi connectivity index (χ1n) is 10.4. The van der Waals surface area contributed by atoms with Crippen molar-refractivity contribution >= 4 is 35.2 Å². The second-order valence-corrected chi connectivity index (χ2v) is 12.0. The summed E-state index contributed by atoms with van der Waals surface area (Å²) >= 11 is 0. The van der Waals surface area contributed by atoms with Gasteiger partial charge < -0.3 is 15.0 Å². The molecule has 7 nitrogen and oxygen atoms in total. The fraction of sp³-hybridized carbons (Fsp3) is 0.318. The molecule has 0 saturated carbocycles. The normalized spacial score (nSPS) is 14.6. The number of thiol groups is 1. The van der Waals surface area contributed by atoms with Gasteiger partial charge in [-0.15, -0.1) is 0 Å². The number of carbonyl (C=O) groups excluding carboxylic acids is 1. The Morgan fingerprint density at radius 3 is 2.47 bits per heavy atom. The Morgan fingerprint density at radius 1 is 1.18 bits per heavy atom. The minimum atomic E-state index is -4.46. The van der Waals surface area contributed by atoms with E-state index in [4.69, 9.17) is 9.88 Å². The highest BCUT2D eigenvalue weighted by molar-refractivity contribution is 8.42. The smallest absolute Gasteiger partial charge is 0.383 e. The fourth-order valence-electron chi connectivity index (χ4n) is 3.73. The molecule has 0 bridgehead atoms. The number of fused-ring (bicyclic) bond motifs is 1. The molecule has 1 amide bonds. The van der Waals surface area contributed by atoms with E-state index < -0.39 is 39.7 Å². The molecule has 0 fully saturated rings. The summed E-state index contributed by atoms with van der Waals surface area (Å²) in [4.78, 5) is 16.3. The first-order chi connectivity index (χ1) is 16.0. The number of aromatic nitrogens is 1. The van der Waals surface area contributed by atoms with Crippen molar-refractivity contribution in [2.75, 3.05) is 13.7 Å². The summed E-state index contributed by atoms with van der Waals surface area (Å²) in [5.74, 6) is -0.491. The first kappa shape index (κ1) is 26.3. The van der Waals surface area contributed by atoms with Gasteiger partial charge in [0, 0.05) is 24.2 Å². The maximum Gasteiger partial charge on any atom is 0.416 e. The third-order valence-corrected chi connectivity index (χ3v) is 6.41. The lowest BCUT2D eigenvalue weighted by Gasteiger charge is -2.26. The lowest BCUT2D eigenvalue weighted by atomic mass is 10.0. The van der Waals surface area contributed by atoms with Gasteiger partial charge in [-0.05, 0) is 60.5 Å². The van der Waals surface area contributed by atoms with Gasteiger partial charge in [0.2, 0.25) is 5.91 Å². The van der Waals surface area contributed by atoms with Crippen molar-refractivity contribution < 1.29 is 26.9 Å². The van der Waals surface area contributed by atoms with Gasteiger partial charge in [-0.3, -0.25) is 14.1 Å². The minimum Gasteiger partial charge on any atom is -0.383 e. The summed E-state index contributed by atoms with van der Waals surface area (Å²) in [7, 11) is 0.0793. The topological polar surface area (TPSA) is 109 Å². The summed E-state index contributed by atoms with van der Waals surface area (Å²) in [6.45, 7) is 0.222. The minimum absolute atomic E-state index is 0.00759. The third kappa shape index (κ3) is 7.35. The number of nitrogens with one attached hydrogen (secondary N) is 3. The monoisotopic (exact) mass is 516 g/mol. The van der Waals surface area contributed by atoms with Crippen LogP contribution >= 0.6 is 8.44 Å². The summed E-state index contributed by atoms with van der Waals surface area (Å²) in [5.41, 5.74) is 1.62. The molecule has 1 aromatic heterocycles. The van der Waals surface area contributed by atoms with E-state index in [0.29, 0.717) is 12.0 Å². The first-order valence-corrected chi connectivity index (χ1v) is 13.8. The largest absolute Gasteiger partial charge is 0.416 e. The van der Waals surface area contributed by atoms with Gasteiger partial charge in [-0.25, -0.2) is 4.72 Å². The molecule has 3 rings (SSSR count). The van der Waals surface area contributed by atoms with Gasteiger partial charge in [0.05, 0.1) is 18.2 Å². The molecule has 2 aromatic carbocycles. The van der Waals surface area contributed by atoms with Crippen molar-refractivity contribution in [3.8, 4) is 0 Å². The number of nitrogens with two attached hydrogens (primary N) is 1. The Labute approximate surface area is 198 Å². The Balaban J connectivity index is 1.76. The van der Waals surface area contributed by atoms with Crippen LogP contribution in [0.25, 0.3) is 10.9 Å². The molecule has 34 heavy (non-hydrogen) atoms. The van der Waals surface area contributed by atoms with E-state index in [1.165, 1.54) is 19.2 Å². The molecule has 1 heterocycles. The maximum absolute atomic E-state index is 13.1. The summed E-state index contributed by atoms with van der Waals surface area (Å²) in [6, 6.07) is 10.8. The molecule has 3 aromatic rings. The standard InChI is InChI=1S/C22H28F3N4O3PS/c1-32-13-17(11-15-12-27-19-5-3-2-4-18(15)19)28-21(30)20(29-34(26,31)33)10-14-6-8-16(9-7-14)22(23,24)25/h2-9,12,17,20,27,34H,10-11,13,33H2,1H3,(H,28,30)(H3,26,29,31)/t17-,20-/m1/s1. The summed E-state index contributed by atoms with van der Waals surface area (Å²) in [5, 5.41) is 9.54. The number of carbonyl (C=O) groups is 1. The molecule has 0 spiro atoms. The number of alkyl halides is 3. The predicted octanol–water partition coefficient (Wildman–Crippen LogP) is 2.66. The molecular formula is C22H28F3N4O3PS. The molecular weight excluding hydrogens is 488 g/mol. The van der Waals surface area contributed by atoms with E-state index in [2.05, 4.69) is 15.0 Å². The fourth-order valence-corrected chi connectivity index (χ4v) is 4.96. The van der Waals surface area contributed by atoms with Gasteiger partial charge in [0.1, 0.15) is 6.04 Å². The van der Waals surface area contributed by atoms with Crippen LogP contribution in [-0.2, 0) is 38.5 Å². The molecule has 0 radical (unpaired) electrons.